The molecule has 18 heavy (non-hydrogen) atoms. The van der Waals surface area contributed by atoms with Crippen LogP contribution in [0.1, 0.15) is 26.5 Å². The molecule has 2 aromatic rings. The van der Waals surface area contributed by atoms with Gasteiger partial charge in [0.05, 0.1) is 5.69 Å². The minimum atomic E-state index is 0.0898. The summed E-state index contributed by atoms with van der Waals surface area (Å²) < 4.78 is 0. The minimum absolute atomic E-state index is 0.0898. The van der Waals surface area contributed by atoms with E-state index in [1.165, 1.54) is 0 Å². The van der Waals surface area contributed by atoms with Gasteiger partial charge in [-0.3, -0.25) is 0 Å². The zero-order chi connectivity index (χ0) is 13.2. The molecule has 5 heteroatoms. The number of nitrogens with zero attached hydrogens (tertiary/aromatic N) is 2. The third-order valence-electron chi connectivity index (χ3n) is 2.48. The Balaban J connectivity index is 2.11. The molecule has 0 radical (unpaired) electrons. The van der Waals surface area contributed by atoms with Crippen LogP contribution in [0.2, 0.25) is 0 Å². The molecule has 2 aromatic heterocycles. The van der Waals surface area contributed by atoms with Crippen LogP contribution in [0, 0.1) is 0 Å². The maximum atomic E-state index is 4.58. The van der Waals surface area contributed by atoms with Crippen molar-refractivity contribution in [3.8, 4) is 0 Å². The summed E-state index contributed by atoms with van der Waals surface area (Å²) in [6.45, 7) is 6.49. The first-order chi connectivity index (χ1) is 8.49. The van der Waals surface area contributed by atoms with Gasteiger partial charge in [0.2, 0.25) is 0 Å². The van der Waals surface area contributed by atoms with E-state index in [9.17, 15) is 0 Å². The SMILES string of the molecule is CSc1ccc(Nc2nc(C(C)(C)C)cs2)nc1. The second-order valence-corrected chi connectivity index (χ2v) is 6.73. The third kappa shape index (κ3) is 3.23. The molecule has 0 atom stereocenters. The lowest BCUT2D eigenvalue weighted by atomic mass is 9.93. The molecule has 0 aromatic carbocycles. The average molecular weight is 279 g/mol. The second kappa shape index (κ2) is 5.28. The molecule has 0 aliphatic carbocycles. The lowest BCUT2D eigenvalue weighted by Crippen LogP contribution is -2.11. The highest BCUT2D eigenvalue weighted by molar-refractivity contribution is 7.98. The number of anilines is 2. The summed E-state index contributed by atoms with van der Waals surface area (Å²) in [5.74, 6) is 0.836. The van der Waals surface area contributed by atoms with E-state index in [2.05, 4.69) is 47.5 Å². The predicted octanol–water partition coefficient (Wildman–Crippen LogP) is 4.30. The summed E-state index contributed by atoms with van der Waals surface area (Å²) in [6, 6.07) is 4.03. The topological polar surface area (TPSA) is 37.8 Å². The molecule has 3 nitrogen and oxygen atoms in total. The molecular weight excluding hydrogens is 262 g/mol. The van der Waals surface area contributed by atoms with Gasteiger partial charge >= 0.3 is 0 Å². The number of nitrogens with one attached hydrogen (secondary N) is 1. The molecule has 0 unspecified atom stereocenters. The number of rotatable bonds is 3. The molecule has 96 valence electrons. The van der Waals surface area contributed by atoms with E-state index >= 15 is 0 Å². The number of pyridine rings is 1. The first-order valence-corrected chi connectivity index (χ1v) is 7.82. The van der Waals surface area contributed by atoms with Crippen LogP contribution in [0.5, 0.6) is 0 Å². The number of thioether (sulfide) groups is 1. The Morgan fingerprint density at radius 1 is 1.28 bits per heavy atom. The van der Waals surface area contributed by atoms with E-state index in [-0.39, 0.29) is 5.41 Å². The van der Waals surface area contributed by atoms with Gasteiger partial charge in [0, 0.05) is 21.9 Å². The zero-order valence-electron chi connectivity index (χ0n) is 11.0. The summed E-state index contributed by atoms with van der Waals surface area (Å²) in [5, 5.41) is 6.22. The van der Waals surface area contributed by atoms with Crippen molar-refractivity contribution in [1.29, 1.82) is 0 Å². The Bertz CT molecular complexity index is 512. The Kier molecular flexibility index (Phi) is 3.92. The van der Waals surface area contributed by atoms with Gasteiger partial charge in [-0.15, -0.1) is 23.1 Å². The fraction of sp³-hybridized carbons (Fsp3) is 0.385. The standard InChI is InChI=1S/C13H17N3S2/c1-13(2,3)10-8-18-12(15-10)16-11-6-5-9(17-4)7-14-11/h5-8H,1-4H3,(H,14,15,16). The molecule has 0 aliphatic heterocycles. The van der Waals surface area contributed by atoms with Crippen molar-refractivity contribution in [3.63, 3.8) is 0 Å². The van der Waals surface area contributed by atoms with E-state index in [1.807, 2.05) is 18.5 Å². The van der Waals surface area contributed by atoms with Crippen LogP contribution >= 0.6 is 23.1 Å². The molecule has 0 bridgehead atoms. The lowest BCUT2D eigenvalue weighted by Gasteiger charge is -2.14. The quantitative estimate of drug-likeness (QED) is 0.850. The normalized spacial score (nSPS) is 11.6. The van der Waals surface area contributed by atoms with Gasteiger partial charge < -0.3 is 5.32 Å². The van der Waals surface area contributed by atoms with Crippen molar-refractivity contribution in [3.05, 3.63) is 29.4 Å². The minimum Gasteiger partial charge on any atom is -0.316 e. The van der Waals surface area contributed by atoms with Crippen molar-refractivity contribution in [1.82, 2.24) is 9.97 Å². The van der Waals surface area contributed by atoms with Gasteiger partial charge in [-0.05, 0) is 18.4 Å². The number of thiazole rings is 1. The molecular formula is C13H17N3S2. The highest BCUT2D eigenvalue weighted by Gasteiger charge is 2.17. The Labute approximate surface area is 116 Å². The largest absolute Gasteiger partial charge is 0.316 e. The van der Waals surface area contributed by atoms with Crippen LogP contribution in [0.3, 0.4) is 0 Å². The van der Waals surface area contributed by atoms with E-state index < -0.39 is 0 Å². The molecule has 0 amide bonds. The number of hydrogen-bond donors (Lipinski definition) is 1. The van der Waals surface area contributed by atoms with Crippen molar-refractivity contribution in [2.75, 3.05) is 11.6 Å². The molecule has 2 heterocycles. The van der Waals surface area contributed by atoms with E-state index in [0.717, 1.165) is 21.5 Å². The van der Waals surface area contributed by atoms with E-state index in [1.54, 1.807) is 23.1 Å². The monoisotopic (exact) mass is 279 g/mol. The smallest absolute Gasteiger partial charge is 0.188 e. The van der Waals surface area contributed by atoms with Gasteiger partial charge in [-0.25, -0.2) is 9.97 Å². The Morgan fingerprint density at radius 3 is 2.56 bits per heavy atom. The summed E-state index contributed by atoms with van der Waals surface area (Å²) in [7, 11) is 0. The molecule has 1 N–H and O–H groups in total. The highest BCUT2D eigenvalue weighted by Crippen LogP contribution is 2.28. The van der Waals surface area contributed by atoms with Crippen molar-refractivity contribution in [2.45, 2.75) is 31.1 Å². The number of aromatic nitrogens is 2. The number of hydrogen-bond acceptors (Lipinski definition) is 5. The molecule has 0 spiro atoms. The zero-order valence-corrected chi connectivity index (χ0v) is 12.7. The summed E-state index contributed by atoms with van der Waals surface area (Å²) >= 11 is 3.30. The van der Waals surface area contributed by atoms with Crippen LogP contribution in [0.15, 0.2) is 28.6 Å². The van der Waals surface area contributed by atoms with Crippen molar-refractivity contribution >= 4 is 34.0 Å². The third-order valence-corrected chi connectivity index (χ3v) is 3.95. The van der Waals surface area contributed by atoms with Crippen LogP contribution in [-0.4, -0.2) is 16.2 Å². The summed E-state index contributed by atoms with van der Waals surface area (Å²) in [5.41, 5.74) is 1.20. The lowest BCUT2D eigenvalue weighted by molar-refractivity contribution is 0.573. The van der Waals surface area contributed by atoms with Crippen LogP contribution in [-0.2, 0) is 5.41 Å². The van der Waals surface area contributed by atoms with Gasteiger partial charge in [0.1, 0.15) is 5.82 Å². The second-order valence-electron chi connectivity index (χ2n) is 5.00. The molecule has 0 fully saturated rings. The maximum absolute atomic E-state index is 4.58. The van der Waals surface area contributed by atoms with Gasteiger partial charge in [0.15, 0.2) is 5.13 Å². The first kappa shape index (κ1) is 13.4. The van der Waals surface area contributed by atoms with Crippen molar-refractivity contribution < 1.29 is 0 Å². The van der Waals surface area contributed by atoms with E-state index in [0.29, 0.717) is 0 Å². The maximum Gasteiger partial charge on any atom is 0.188 e. The van der Waals surface area contributed by atoms with Crippen LogP contribution in [0.25, 0.3) is 0 Å². The van der Waals surface area contributed by atoms with Crippen LogP contribution in [0.4, 0.5) is 10.9 Å². The van der Waals surface area contributed by atoms with Gasteiger partial charge in [-0.1, -0.05) is 20.8 Å². The summed E-state index contributed by atoms with van der Waals surface area (Å²) in [6.07, 6.45) is 3.91. The molecule has 2 rings (SSSR count). The summed E-state index contributed by atoms with van der Waals surface area (Å²) in [4.78, 5) is 10.1. The Hall–Kier alpha value is -1.07. The van der Waals surface area contributed by atoms with Gasteiger partial charge in [0.25, 0.3) is 0 Å². The van der Waals surface area contributed by atoms with E-state index in [4.69, 9.17) is 0 Å². The molecule has 0 aliphatic rings. The fourth-order valence-corrected chi connectivity index (χ4v) is 2.67. The van der Waals surface area contributed by atoms with Crippen LogP contribution < -0.4 is 5.32 Å². The first-order valence-electron chi connectivity index (χ1n) is 5.72. The average Bonchev–Trinajstić information content (AvgIpc) is 2.78. The Morgan fingerprint density at radius 2 is 2.06 bits per heavy atom. The van der Waals surface area contributed by atoms with Gasteiger partial charge in [-0.2, -0.15) is 0 Å². The van der Waals surface area contributed by atoms with Crippen molar-refractivity contribution in [2.24, 2.45) is 0 Å². The predicted molar refractivity (Wildman–Crippen MR) is 80.1 cm³/mol. The molecule has 0 saturated heterocycles. The fourth-order valence-electron chi connectivity index (χ4n) is 1.36. The molecule has 0 saturated carbocycles. The highest BCUT2D eigenvalue weighted by atomic mass is 32.2.